The molecule has 1 amide bonds. The molecular weight excluding hydrogens is 486 g/mol. The molecule has 2 atom stereocenters. The minimum Gasteiger partial charge on any atom is -0.393 e. The fourth-order valence-corrected chi connectivity index (χ4v) is 5.36. The van der Waals surface area contributed by atoms with Crippen molar-refractivity contribution >= 4 is 28.8 Å². The smallest absolute Gasteiger partial charge is 0.335 e. The number of aromatic nitrogens is 5. The lowest BCUT2D eigenvalue weighted by Crippen LogP contribution is -2.27. The Kier molecular flexibility index (Phi) is 6.56. The monoisotopic (exact) mass is 519 g/mol. The van der Waals surface area contributed by atoms with Gasteiger partial charge in [-0.05, 0) is 56.7 Å². The number of imidazole rings is 1. The van der Waals surface area contributed by atoms with E-state index in [-0.39, 0.29) is 47.3 Å². The average Bonchev–Trinajstić information content (AvgIpc) is 3.58. The molecule has 2 unspecified atom stereocenters. The van der Waals surface area contributed by atoms with Gasteiger partial charge in [0.15, 0.2) is 11.5 Å². The summed E-state index contributed by atoms with van der Waals surface area (Å²) in [5, 5.41) is 16.9. The van der Waals surface area contributed by atoms with E-state index in [0.717, 1.165) is 30.5 Å². The number of nitrogens with two attached hydrogens (primary N) is 1. The molecule has 1 aliphatic rings. The summed E-state index contributed by atoms with van der Waals surface area (Å²) in [5.74, 6) is 0.555. The van der Waals surface area contributed by atoms with E-state index < -0.39 is 0 Å². The first kappa shape index (κ1) is 25.7. The molecule has 3 aromatic heterocycles. The quantitative estimate of drug-likeness (QED) is 0.336. The van der Waals surface area contributed by atoms with E-state index >= 15 is 0 Å². The molecule has 1 aliphatic carbocycles. The van der Waals surface area contributed by atoms with E-state index in [9.17, 15) is 14.7 Å². The number of nitrogens with one attached hydrogen (secondary N) is 1. The van der Waals surface area contributed by atoms with E-state index in [1.807, 2.05) is 13.8 Å². The second-order valence-corrected chi connectivity index (χ2v) is 10.9. The second-order valence-electron chi connectivity index (χ2n) is 10.9. The number of amides is 1. The van der Waals surface area contributed by atoms with Crippen molar-refractivity contribution in [2.45, 2.75) is 70.9 Å². The van der Waals surface area contributed by atoms with Crippen molar-refractivity contribution in [3.63, 3.8) is 0 Å². The van der Waals surface area contributed by atoms with Crippen LogP contribution in [-0.2, 0) is 16.6 Å². The number of anilines is 2. The summed E-state index contributed by atoms with van der Waals surface area (Å²) >= 11 is 0. The Labute approximate surface area is 219 Å². The first-order chi connectivity index (χ1) is 18.1. The highest BCUT2D eigenvalue weighted by molar-refractivity contribution is 5.91. The third-order valence-corrected chi connectivity index (χ3v) is 7.61. The molecule has 0 saturated heterocycles. The van der Waals surface area contributed by atoms with Gasteiger partial charge in [0.25, 0.3) is 0 Å². The van der Waals surface area contributed by atoms with Crippen molar-refractivity contribution in [3.8, 4) is 5.69 Å². The fraction of sp³-hybridized carbons (Fsp3) is 0.444. The molecule has 4 aromatic rings. The number of carbonyl (C=O) groups excluding carboxylic acids is 1. The highest BCUT2D eigenvalue weighted by Crippen LogP contribution is 2.42. The van der Waals surface area contributed by atoms with E-state index in [0.29, 0.717) is 22.8 Å². The highest BCUT2D eigenvalue weighted by atomic mass is 16.5. The summed E-state index contributed by atoms with van der Waals surface area (Å²) in [7, 11) is 0. The lowest BCUT2D eigenvalue weighted by atomic mass is 9.75. The van der Waals surface area contributed by atoms with Crippen molar-refractivity contribution in [1.29, 1.82) is 0 Å². The molecule has 0 bridgehead atoms. The van der Waals surface area contributed by atoms with Crippen LogP contribution in [0.1, 0.15) is 64.3 Å². The highest BCUT2D eigenvalue weighted by Gasteiger charge is 2.38. The van der Waals surface area contributed by atoms with Crippen LogP contribution in [0.3, 0.4) is 0 Å². The molecule has 4 N–H and O–H groups in total. The minimum absolute atomic E-state index is 0.114. The van der Waals surface area contributed by atoms with Crippen molar-refractivity contribution < 1.29 is 14.4 Å². The Morgan fingerprint density at radius 1 is 1.24 bits per heavy atom. The van der Waals surface area contributed by atoms with Crippen molar-refractivity contribution in [1.82, 2.24) is 24.3 Å². The van der Waals surface area contributed by atoms with Gasteiger partial charge in [-0.15, -0.1) is 0 Å². The van der Waals surface area contributed by atoms with Crippen LogP contribution in [0.25, 0.3) is 16.9 Å². The molecule has 11 heteroatoms. The van der Waals surface area contributed by atoms with Gasteiger partial charge in [0.2, 0.25) is 11.8 Å². The molecule has 5 rings (SSSR count). The normalized spacial score (nSPS) is 17.9. The lowest BCUT2D eigenvalue weighted by molar-refractivity contribution is -0.115. The van der Waals surface area contributed by atoms with Gasteiger partial charge in [-0.2, -0.15) is 0 Å². The van der Waals surface area contributed by atoms with Crippen LogP contribution >= 0.6 is 0 Å². The molecule has 1 aromatic carbocycles. The first-order valence-electron chi connectivity index (χ1n) is 12.8. The zero-order valence-corrected chi connectivity index (χ0v) is 22.0. The number of carbonyl (C=O) groups is 1. The van der Waals surface area contributed by atoms with Crippen LogP contribution in [0.4, 0.5) is 11.7 Å². The van der Waals surface area contributed by atoms with Crippen LogP contribution in [0.15, 0.2) is 46.0 Å². The van der Waals surface area contributed by atoms with Gasteiger partial charge in [0.1, 0.15) is 11.8 Å². The number of fused-ring (bicyclic) bond motifs is 1. The van der Waals surface area contributed by atoms with Gasteiger partial charge in [-0.25, -0.2) is 14.8 Å². The van der Waals surface area contributed by atoms with Crippen LogP contribution in [0.5, 0.6) is 0 Å². The van der Waals surface area contributed by atoms with E-state index in [2.05, 4.69) is 34.3 Å². The Bertz CT molecular complexity index is 1530. The molecule has 38 heavy (non-hydrogen) atoms. The summed E-state index contributed by atoms with van der Waals surface area (Å²) in [6, 6.07) is 8.77. The number of aliphatic hydroxyl groups excluding tert-OH is 1. The standard InChI is InChI=1S/C27H33N7O4/c1-15(2)33-25-23(24(28)29-14-30-25)34(26(33)37)18-8-5-16(6-9-18)11-21(36)31-22-13-20(32-38-22)27(3,4)17-7-10-19(35)12-17/h5-6,8-9,13-15,17,19,35H,7,10-12H2,1-4H3,(H,31,36)(H2,28,29,30). The molecule has 3 heterocycles. The molecular formula is C27H33N7O4. The maximum Gasteiger partial charge on any atom is 0.335 e. The van der Waals surface area contributed by atoms with E-state index in [4.69, 9.17) is 10.3 Å². The number of benzene rings is 1. The van der Waals surface area contributed by atoms with Gasteiger partial charge in [0, 0.05) is 17.5 Å². The topological polar surface area (TPSA) is 154 Å². The minimum atomic E-state index is -0.273. The molecule has 1 fully saturated rings. The second kappa shape index (κ2) is 9.71. The first-order valence-corrected chi connectivity index (χ1v) is 12.8. The summed E-state index contributed by atoms with van der Waals surface area (Å²) < 4.78 is 8.48. The molecule has 11 nitrogen and oxygen atoms in total. The summed E-state index contributed by atoms with van der Waals surface area (Å²) in [6.07, 6.45) is 3.66. The predicted octanol–water partition coefficient (Wildman–Crippen LogP) is 3.35. The van der Waals surface area contributed by atoms with Gasteiger partial charge in [0.05, 0.1) is 23.9 Å². The van der Waals surface area contributed by atoms with E-state index in [1.54, 1.807) is 34.9 Å². The molecule has 200 valence electrons. The predicted molar refractivity (Wildman–Crippen MR) is 143 cm³/mol. The van der Waals surface area contributed by atoms with Crippen molar-refractivity contribution in [2.75, 3.05) is 11.1 Å². The number of rotatable bonds is 7. The Morgan fingerprint density at radius 2 is 1.97 bits per heavy atom. The molecule has 1 saturated carbocycles. The van der Waals surface area contributed by atoms with Gasteiger partial charge in [-0.1, -0.05) is 31.1 Å². The number of hydrogen-bond acceptors (Lipinski definition) is 8. The zero-order valence-electron chi connectivity index (χ0n) is 22.0. The van der Waals surface area contributed by atoms with Crippen molar-refractivity contribution in [3.05, 3.63) is 58.4 Å². The Morgan fingerprint density at radius 3 is 2.63 bits per heavy atom. The third-order valence-electron chi connectivity index (χ3n) is 7.61. The Hall–Kier alpha value is -3.99. The van der Waals surface area contributed by atoms with Crippen LogP contribution < -0.4 is 16.7 Å². The number of nitrogen functional groups attached to an aromatic ring is 1. The van der Waals surface area contributed by atoms with Gasteiger partial charge in [-0.3, -0.25) is 19.2 Å². The fourth-order valence-electron chi connectivity index (χ4n) is 5.36. The average molecular weight is 520 g/mol. The van der Waals surface area contributed by atoms with Gasteiger partial charge < -0.3 is 15.4 Å². The van der Waals surface area contributed by atoms with Crippen LogP contribution in [0, 0.1) is 5.92 Å². The van der Waals surface area contributed by atoms with E-state index in [1.165, 1.54) is 10.9 Å². The van der Waals surface area contributed by atoms with Crippen LogP contribution in [-0.4, -0.2) is 41.4 Å². The molecule has 0 spiro atoms. The number of aliphatic hydroxyl groups is 1. The van der Waals surface area contributed by atoms with Gasteiger partial charge >= 0.3 is 5.69 Å². The number of nitrogens with zero attached hydrogens (tertiary/aromatic N) is 5. The van der Waals surface area contributed by atoms with Crippen molar-refractivity contribution in [2.24, 2.45) is 5.92 Å². The Balaban J connectivity index is 1.31. The summed E-state index contributed by atoms with van der Waals surface area (Å²) in [5.41, 5.74) is 8.62. The third kappa shape index (κ3) is 4.58. The maximum atomic E-state index is 13.2. The lowest BCUT2D eigenvalue weighted by Gasteiger charge is -2.29. The summed E-state index contributed by atoms with van der Waals surface area (Å²) in [4.78, 5) is 34.3. The zero-order chi connectivity index (χ0) is 27.2. The molecule has 0 radical (unpaired) electrons. The summed E-state index contributed by atoms with van der Waals surface area (Å²) in [6.45, 7) is 7.99. The molecule has 0 aliphatic heterocycles. The van der Waals surface area contributed by atoms with Crippen LogP contribution in [0.2, 0.25) is 0 Å². The largest absolute Gasteiger partial charge is 0.393 e. The SMILES string of the molecule is CC(C)n1c(=O)n(-c2ccc(CC(=O)Nc3cc(C(C)(C)C4CCC(O)C4)no3)cc2)c2c(N)ncnc21. The maximum absolute atomic E-state index is 13.2. The number of hydrogen-bond donors (Lipinski definition) is 3.